The minimum atomic E-state index is 0.200. The quantitative estimate of drug-likeness (QED) is 0.920. The van der Waals surface area contributed by atoms with E-state index in [4.69, 9.17) is 4.74 Å². The SMILES string of the molecule is CN(C)c1ccc(NC2C3CCCOC3C2(C)C)cn1. The zero-order valence-corrected chi connectivity index (χ0v) is 12.9. The van der Waals surface area contributed by atoms with E-state index in [0.717, 1.165) is 18.1 Å². The van der Waals surface area contributed by atoms with E-state index in [1.54, 1.807) is 0 Å². The number of fused-ring (bicyclic) bond motifs is 1. The van der Waals surface area contributed by atoms with Crippen LogP contribution in [0, 0.1) is 11.3 Å². The Hall–Kier alpha value is -1.29. The van der Waals surface area contributed by atoms with Crippen LogP contribution >= 0.6 is 0 Å². The molecule has 4 heteroatoms. The maximum atomic E-state index is 5.95. The third kappa shape index (κ3) is 2.16. The predicted molar refractivity (Wildman–Crippen MR) is 82.2 cm³/mol. The van der Waals surface area contributed by atoms with Crippen molar-refractivity contribution in [2.24, 2.45) is 11.3 Å². The molecule has 20 heavy (non-hydrogen) atoms. The summed E-state index contributed by atoms with van der Waals surface area (Å²) in [6, 6.07) is 4.66. The average Bonchev–Trinajstić information content (AvgIpc) is 2.45. The molecule has 3 rings (SSSR count). The molecule has 0 bridgehead atoms. The van der Waals surface area contributed by atoms with Gasteiger partial charge in [0, 0.05) is 38.1 Å². The summed E-state index contributed by atoms with van der Waals surface area (Å²) in [7, 11) is 4.02. The van der Waals surface area contributed by atoms with Gasteiger partial charge in [0.05, 0.1) is 18.0 Å². The summed E-state index contributed by atoms with van der Waals surface area (Å²) in [5, 5.41) is 3.67. The number of nitrogens with zero attached hydrogens (tertiary/aromatic N) is 2. The van der Waals surface area contributed by atoms with Gasteiger partial charge in [-0.1, -0.05) is 13.8 Å². The molecule has 1 saturated heterocycles. The summed E-state index contributed by atoms with van der Waals surface area (Å²) >= 11 is 0. The van der Waals surface area contributed by atoms with Crippen molar-refractivity contribution in [2.75, 3.05) is 30.9 Å². The van der Waals surface area contributed by atoms with Gasteiger partial charge >= 0.3 is 0 Å². The van der Waals surface area contributed by atoms with Gasteiger partial charge in [-0.3, -0.25) is 0 Å². The highest BCUT2D eigenvalue weighted by Gasteiger charge is 2.57. The van der Waals surface area contributed by atoms with Crippen molar-refractivity contribution in [1.29, 1.82) is 0 Å². The van der Waals surface area contributed by atoms with Gasteiger partial charge in [-0.15, -0.1) is 0 Å². The van der Waals surface area contributed by atoms with Crippen LogP contribution in [-0.4, -0.2) is 37.8 Å². The Morgan fingerprint density at radius 1 is 1.35 bits per heavy atom. The van der Waals surface area contributed by atoms with E-state index < -0.39 is 0 Å². The van der Waals surface area contributed by atoms with Crippen molar-refractivity contribution < 1.29 is 4.74 Å². The van der Waals surface area contributed by atoms with Crippen LogP contribution < -0.4 is 10.2 Å². The van der Waals surface area contributed by atoms with Crippen molar-refractivity contribution in [1.82, 2.24) is 4.98 Å². The first kappa shape index (κ1) is 13.7. The van der Waals surface area contributed by atoms with Crippen LogP contribution in [0.3, 0.4) is 0 Å². The van der Waals surface area contributed by atoms with Crippen LogP contribution in [0.15, 0.2) is 18.3 Å². The molecule has 0 spiro atoms. The van der Waals surface area contributed by atoms with Crippen LogP contribution in [0.4, 0.5) is 11.5 Å². The molecular weight excluding hydrogens is 250 g/mol. The summed E-state index contributed by atoms with van der Waals surface area (Å²) in [5.41, 5.74) is 1.31. The lowest BCUT2D eigenvalue weighted by molar-refractivity contribution is -0.177. The molecule has 0 radical (unpaired) electrons. The van der Waals surface area contributed by atoms with E-state index in [9.17, 15) is 0 Å². The lowest BCUT2D eigenvalue weighted by atomic mass is 9.55. The molecule has 0 amide bonds. The smallest absolute Gasteiger partial charge is 0.128 e. The van der Waals surface area contributed by atoms with Crippen LogP contribution in [0.5, 0.6) is 0 Å². The van der Waals surface area contributed by atoms with Crippen molar-refractivity contribution in [3.8, 4) is 0 Å². The summed E-state index contributed by atoms with van der Waals surface area (Å²) < 4.78 is 5.95. The van der Waals surface area contributed by atoms with Gasteiger partial charge in [0.15, 0.2) is 0 Å². The van der Waals surface area contributed by atoms with Crippen LogP contribution in [0.2, 0.25) is 0 Å². The minimum absolute atomic E-state index is 0.200. The third-order valence-corrected chi connectivity index (χ3v) is 4.86. The van der Waals surface area contributed by atoms with Crippen molar-refractivity contribution in [2.45, 2.75) is 38.8 Å². The molecule has 0 aromatic carbocycles. The molecular formula is C16H25N3O. The van der Waals surface area contributed by atoms with Crippen LogP contribution in [0.1, 0.15) is 26.7 Å². The van der Waals surface area contributed by atoms with E-state index in [2.05, 4.69) is 36.3 Å². The van der Waals surface area contributed by atoms with Gasteiger partial charge in [-0.2, -0.15) is 0 Å². The number of ether oxygens (including phenoxy) is 1. The van der Waals surface area contributed by atoms with Gasteiger partial charge in [0.2, 0.25) is 0 Å². The van der Waals surface area contributed by atoms with E-state index >= 15 is 0 Å². The second-order valence-corrected chi connectivity index (χ2v) is 6.84. The zero-order valence-electron chi connectivity index (χ0n) is 12.9. The van der Waals surface area contributed by atoms with Crippen molar-refractivity contribution in [3.63, 3.8) is 0 Å². The van der Waals surface area contributed by atoms with Gasteiger partial charge < -0.3 is 15.0 Å². The lowest BCUT2D eigenvalue weighted by Gasteiger charge is -2.60. The van der Waals surface area contributed by atoms with Crippen molar-refractivity contribution >= 4 is 11.5 Å². The maximum Gasteiger partial charge on any atom is 0.128 e. The molecule has 2 heterocycles. The van der Waals surface area contributed by atoms with Crippen LogP contribution in [0.25, 0.3) is 0 Å². The molecule has 1 N–H and O–H groups in total. The van der Waals surface area contributed by atoms with E-state index in [1.165, 1.54) is 12.8 Å². The Morgan fingerprint density at radius 2 is 2.15 bits per heavy atom. The molecule has 1 aliphatic carbocycles. The number of aromatic nitrogens is 1. The Morgan fingerprint density at radius 3 is 2.80 bits per heavy atom. The summed E-state index contributed by atoms with van der Waals surface area (Å²) in [4.78, 5) is 6.49. The van der Waals surface area contributed by atoms with Crippen LogP contribution in [-0.2, 0) is 4.74 Å². The average molecular weight is 275 g/mol. The van der Waals surface area contributed by atoms with Gasteiger partial charge in [-0.05, 0) is 25.0 Å². The molecule has 2 aliphatic rings. The number of hydrogen-bond donors (Lipinski definition) is 1. The summed E-state index contributed by atoms with van der Waals surface area (Å²) in [6.07, 6.45) is 4.81. The van der Waals surface area contributed by atoms with E-state index in [-0.39, 0.29) is 5.41 Å². The number of rotatable bonds is 3. The normalized spacial score (nSPS) is 31.1. The number of nitrogens with one attached hydrogen (secondary N) is 1. The zero-order chi connectivity index (χ0) is 14.3. The first-order valence-corrected chi connectivity index (χ1v) is 7.51. The standard InChI is InChI=1S/C16H25N3O/c1-16(2)14(12-6-5-9-20-15(12)16)18-11-7-8-13(17-10-11)19(3)4/h7-8,10,12,14-15,18H,5-6,9H2,1-4H3. The van der Waals surface area contributed by atoms with Gasteiger partial charge in [0.1, 0.15) is 5.82 Å². The maximum absolute atomic E-state index is 5.95. The monoisotopic (exact) mass is 275 g/mol. The third-order valence-electron chi connectivity index (χ3n) is 4.86. The first-order chi connectivity index (χ1) is 9.50. The largest absolute Gasteiger partial charge is 0.380 e. The Bertz CT molecular complexity index is 469. The highest BCUT2D eigenvalue weighted by Crippen LogP contribution is 2.52. The highest BCUT2D eigenvalue weighted by molar-refractivity contribution is 5.49. The fraction of sp³-hybridized carbons (Fsp3) is 0.688. The molecule has 3 unspecified atom stereocenters. The van der Waals surface area contributed by atoms with E-state index in [1.807, 2.05) is 25.2 Å². The molecule has 1 aromatic heterocycles. The highest BCUT2D eigenvalue weighted by atomic mass is 16.5. The van der Waals surface area contributed by atoms with Gasteiger partial charge in [0.25, 0.3) is 0 Å². The summed E-state index contributed by atoms with van der Waals surface area (Å²) in [5.74, 6) is 1.63. The molecule has 2 fully saturated rings. The number of anilines is 2. The number of hydrogen-bond acceptors (Lipinski definition) is 4. The Labute approximate surface area is 121 Å². The lowest BCUT2D eigenvalue weighted by Crippen LogP contribution is -2.67. The fourth-order valence-electron chi connectivity index (χ4n) is 3.73. The molecule has 1 saturated carbocycles. The second-order valence-electron chi connectivity index (χ2n) is 6.84. The molecule has 1 aromatic rings. The van der Waals surface area contributed by atoms with Crippen molar-refractivity contribution in [3.05, 3.63) is 18.3 Å². The first-order valence-electron chi connectivity index (χ1n) is 7.51. The van der Waals surface area contributed by atoms with Gasteiger partial charge in [-0.25, -0.2) is 4.98 Å². The minimum Gasteiger partial charge on any atom is -0.380 e. The number of pyridine rings is 1. The van der Waals surface area contributed by atoms with E-state index in [0.29, 0.717) is 18.1 Å². The molecule has 4 nitrogen and oxygen atoms in total. The second kappa shape index (κ2) is 4.92. The fourth-order valence-corrected chi connectivity index (χ4v) is 3.73. The predicted octanol–water partition coefficient (Wildman–Crippen LogP) is 2.76. The molecule has 110 valence electrons. The Balaban J connectivity index is 1.71. The summed E-state index contributed by atoms with van der Waals surface area (Å²) in [6.45, 7) is 5.54. The topological polar surface area (TPSA) is 37.4 Å². The molecule has 1 aliphatic heterocycles. The Kier molecular flexibility index (Phi) is 3.36. The molecule has 3 atom stereocenters.